The van der Waals surface area contributed by atoms with Gasteiger partial charge in [0.15, 0.2) is 5.11 Å². The van der Waals surface area contributed by atoms with E-state index in [1.807, 2.05) is 23.1 Å². The van der Waals surface area contributed by atoms with Crippen molar-refractivity contribution in [1.29, 1.82) is 0 Å². The lowest BCUT2D eigenvalue weighted by Crippen LogP contribution is -2.31. The van der Waals surface area contributed by atoms with Gasteiger partial charge in [-0.2, -0.15) is 0 Å². The number of carbonyl (C=O) groups excluding carboxylic acids is 1. The van der Waals surface area contributed by atoms with E-state index in [4.69, 9.17) is 21.4 Å². The number of halogens is 2. The number of rotatable bonds is 6. The van der Waals surface area contributed by atoms with Crippen molar-refractivity contribution in [3.8, 4) is 11.3 Å². The van der Waals surface area contributed by atoms with Gasteiger partial charge in [-0.15, -0.1) is 0 Å². The molecule has 2 atom stereocenters. The molecule has 1 aromatic carbocycles. The number of esters is 1. The van der Waals surface area contributed by atoms with Crippen LogP contribution in [-0.2, 0) is 9.53 Å². The SMILES string of the molecule is COC(=O)CCN1C(=S)N[C@H](c2ccccn2)[C@@H]1c1ccc(-c2ccc(Br)cc2F)o1. The lowest BCUT2D eigenvalue weighted by atomic mass is 10.0. The fraction of sp³-hybridized carbons (Fsp3) is 0.227. The highest BCUT2D eigenvalue weighted by Crippen LogP contribution is 2.40. The number of hydrogen-bond donors (Lipinski definition) is 1. The number of carbonyl (C=O) groups is 1. The van der Waals surface area contributed by atoms with E-state index in [0.717, 1.165) is 5.69 Å². The molecule has 1 aliphatic heterocycles. The van der Waals surface area contributed by atoms with E-state index in [1.165, 1.54) is 13.2 Å². The standard InChI is InChI=1S/C22H19BrFN3O3S/c1-29-19(28)9-11-27-21(20(26-22(27)31)16-4-2-3-10-25-16)18-8-7-17(30-18)14-6-5-13(23)12-15(14)24/h2-8,10,12,20-21H,9,11H2,1H3,(H,26,31)/t20-,21+/m1/s1. The molecule has 0 spiro atoms. The van der Waals surface area contributed by atoms with Crippen LogP contribution >= 0.6 is 28.1 Å². The maximum absolute atomic E-state index is 14.5. The molecule has 1 N–H and O–H groups in total. The number of methoxy groups -OCH3 is 1. The van der Waals surface area contributed by atoms with Gasteiger partial charge < -0.3 is 19.4 Å². The molecule has 31 heavy (non-hydrogen) atoms. The number of ether oxygens (including phenoxy) is 1. The minimum absolute atomic E-state index is 0.165. The first kappa shape index (κ1) is 21.5. The second-order valence-electron chi connectivity index (χ2n) is 6.97. The molecule has 0 saturated carbocycles. The minimum atomic E-state index is -0.390. The van der Waals surface area contributed by atoms with Gasteiger partial charge in [-0.3, -0.25) is 9.78 Å². The highest BCUT2D eigenvalue weighted by atomic mass is 79.9. The Balaban J connectivity index is 1.70. The molecule has 1 aliphatic rings. The highest BCUT2D eigenvalue weighted by molar-refractivity contribution is 9.10. The van der Waals surface area contributed by atoms with Crippen molar-refractivity contribution in [3.63, 3.8) is 0 Å². The molecule has 3 heterocycles. The molecule has 4 rings (SSSR count). The Morgan fingerprint density at radius 2 is 2.16 bits per heavy atom. The Morgan fingerprint density at radius 3 is 2.87 bits per heavy atom. The molecular formula is C22H19BrFN3O3S. The zero-order chi connectivity index (χ0) is 22.0. The van der Waals surface area contributed by atoms with Gasteiger partial charge in [0.05, 0.1) is 30.8 Å². The number of nitrogens with zero attached hydrogens (tertiary/aromatic N) is 2. The summed E-state index contributed by atoms with van der Waals surface area (Å²) in [6.07, 6.45) is 1.87. The fourth-order valence-corrected chi connectivity index (χ4v) is 4.28. The van der Waals surface area contributed by atoms with Gasteiger partial charge in [-0.1, -0.05) is 22.0 Å². The van der Waals surface area contributed by atoms with Gasteiger partial charge in [0, 0.05) is 17.2 Å². The molecule has 1 fully saturated rings. The number of nitrogens with one attached hydrogen (secondary N) is 1. The molecule has 0 aliphatic carbocycles. The number of hydrogen-bond acceptors (Lipinski definition) is 5. The number of benzene rings is 1. The molecule has 6 nitrogen and oxygen atoms in total. The zero-order valence-electron chi connectivity index (χ0n) is 16.5. The lowest BCUT2D eigenvalue weighted by Gasteiger charge is -2.25. The maximum Gasteiger partial charge on any atom is 0.307 e. The summed E-state index contributed by atoms with van der Waals surface area (Å²) in [5.41, 5.74) is 1.14. The van der Waals surface area contributed by atoms with E-state index in [1.54, 1.807) is 30.5 Å². The summed E-state index contributed by atoms with van der Waals surface area (Å²) < 4.78 is 26.0. The van der Waals surface area contributed by atoms with Crippen molar-refractivity contribution in [1.82, 2.24) is 15.2 Å². The molecule has 1 saturated heterocycles. The number of furan rings is 1. The Morgan fingerprint density at radius 1 is 1.32 bits per heavy atom. The molecule has 9 heteroatoms. The van der Waals surface area contributed by atoms with Gasteiger partial charge in [0.1, 0.15) is 23.4 Å². The maximum atomic E-state index is 14.5. The Labute approximate surface area is 192 Å². The monoisotopic (exact) mass is 503 g/mol. The van der Waals surface area contributed by atoms with Crippen LogP contribution in [0.25, 0.3) is 11.3 Å². The van der Waals surface area contributed by atoms with Crippen molar-refractivity contribution < 1.29 is 18.3 Å². The summed E-state index contributed by atoms with van der Waals surface area (Å²) in [5.74, 6) is 0.273. The minimum Gasteiger partial charge on any atom is -0.469 e. The fourth-order valence-electron chi connectivity index (χ4n) is 3.61. The molecule has 0 radical (unpaired) electrons. The van der Waals surface area contributed by atoms with Crippen LogP contribution in [0.1, 0.15) is 30.0 Å². The topological polar surface area (TPSA) is 67.6 Å². The second-order valence-corrected chi connectivity index (χ2v) is 8.27. The van der Waals surface area contributed by atoms with Crippen LogP contribution in [0.5, 0.6) is 0 Å². The summed E-state index contributed by atoms with van der Waals surface area (Å²) in [6.45, 7) is 0.342. The molecule has 0 bridgehead atoms. The van der Waals surface area contributed by atoms with E-state index in [2.05, 4.69) is 26.2 Å². The summed E-state index contributed by atoms with van der Waals surface area (Å²) in [5, 5.41) is 3.76. The second kappa shape index (κ2) is 9.15. The van der Waals surface area contributed by atoms with Gasteiger partial charge in [0.2, 0.25) is 0 Å². The molecular weight excluding hydrogens is 485 g/mol. The molecule has 160 valence electrons. The Hall–Kier alpha value is -2.78. The first-order chi connectivity index (χ1) is 15.0. The smallest absolute Gasteiger partial charge is 0.307 e. The molecule has 3 aromatic rings. The quantitative estimate of drug-likeness (QED) is 0.383. The van der Waals surface area contributed by atoms with Crippen LogP contribution < -0.4 is 5.32 Å². The van der Waals surface area contributed by atoms with E-state index in [0.29, 0.717) is 33.2 Å². The summed E-state index contributed by atoms with van der Waals surface area (Å²) in [7, 11) is 1.35. The normalized spacial score (nSPS) is 18.2. The summed E-state index contributed by atoms with van der Waals surface area (Å²) >= 11 is 8.81. The van der Waals surface area contributed by atoms with E-state index >= 15 is 0 Å². The highest BCUT2D eigenvalue weighted by Gasteiger charge is 2.41. The van der Waals surface area contributed by atoms with Crippen molar-refractivity contribution in [3.05, 3.63) is 76.5 Å². The van der Waals surface area contributed by atoms with Crippen LogP contribution in [0, 0.1) is 5.82 Å². The van der Waals surface area contributed by atoms with Crippen molar-refractivity contribution in [2.75, 3.05) is 13.7 Å². The van der Waals surface area contributed by atoms with Gasteiger partial charge >= 0.3 is 5.97 Å². The van der Waals surface area contributed by atoms with Gasteiger partial charge in [-0.25, -0.2) is 4.39 Å². The lowest BCUT2D eigenvalue weighted by molar-refractivity contribution is -0.140. The van der Waals surface area contributed by atoms with Gasteiger partial charge in [0.25, 0.3) is 0 Å². The third kappa shape index (κ3) is 4.47. The van der Waals surface area contributed by atoms with Crippen LogP contribution in [-0.4, -0.2) is 34.6 Å². The summed E-state index contributed by atoms with van der Waals surface area (Å²) in [4.78, 5) is 18.1. The third-order valence-electron chi connectivity index (χ3n) is 5.10. The number of pyridine rings is 1. The largest absolute Gasteiger partial charge is 0.469 e. The Kier molecular flexibility index (Phi) is 6.33. The Bertz CT molecular complexity index is 1110. The average molecular weight is 504 g/mol. The first-order valence-electron chi connectivity index (χ1n) is 9.58. The number of aromatic nitrogens is 1. The molecule has 0 unspecified atom stereocenters. The van der Waals surface area contributed by atoms with Crippen molar-refractivity contribution in [2.24, 2.45) is 0 Å². The van der Waals surface area contributed by atoms with Crippen LogP contribution in [0.2, 0.25) is 0 Å². The van der Waals surface area contributed by atoms with Crippen LogP contribution in [0.3, 0.4) is 0 Å². The van der Waals surface area contributed by atoms with E-state index in [9.17, 15) is 9.18 Å². The van der Waals surface area contributed by atoms with Gasteiger partial charge in [-0.05, 0) is 54.7 Å². The predicted octanol–water partition coefficient (Wildman–Crippen LogP) is 4.78. The zero-order valence-corrected chi connectivity index (χ0v) is 19.0. The average Bonchev–Trinajstić information content (AvgIpc) is 3.37. The van der Waals surface area contributed by atoms with Crippen LogP contribution in [0.15, 0.2) is 63.6 Å². The summed E-state index contributed by atoms with van der Waals surface area (Å²) in [6, 6.07) is 13.3. The molecule has 2 aromatic heterocycles. The first-order valence-corrected chi connectivity index (χ1v) is 10.8. The molecule has 0 amide bonds. The van der Waals surface area contributed by atoms with Crippen molar-refractivity contribution >= 4 is 39.2 Å². The predicted molar refractivity (Wildman–Crippen MR) is 121 cm³/mol. The number of thiocarbonyl (C=S) groups is 1. The third-order valence-corrected chi connectivity index (χ3v) is 5.94. The van der Waals surface area contributed by atoms with E-state index < -0.39 is 0 Å². The van der Waals surface area contributed by atoms with Crippen molar-refractivity contribution in [2.45, 2.75) is 18.5 Å². The van der Waals surface area contributed by atoms with Crippen LogP contribution in [0.4, 0.5) is 4.39 Å². The van der Waals surface area contributed by atoms with E-state index in [-0.39, 0.29) is 30.3 Å².